The van der Waals surface area contributed by atoms with Gasteiger partial charge in [0, 0.05) is 33.4 Å². The van der Waals surface area contributed by atoms with Crippen molar-refractivity contribution in [3.05, 3.63) is 265 Å². The highest BCUT2D eigenvalue weighted by molar-refractivity contribution is 6.12. The molecule has 286 valence electrons. The first kappa shape index (κ1) is 28.5. The number of hydrogen-bond donors (Lipinski definition) is 0. The molecule has 0 radical (unpaired) electrons. The van der Waals surface area contributed by atoms with Gasteiger partial charge in [0.05, 0.1) is 31.7 Å². The largest absolute Gasteiger partial charge is 0.310 e. The van der Waals surface area contributed by atoms with Crippen molar-refractivity contribution in [2.24, 2.45) is 0 Å². The quantitative estimate of drug-likeness (QED) is 0.156. The lowest BCUT2D eigenvalue weighted by Gasteiger charge is -2.36. The zero-order chi connectivity index (χ0) is 46.4. The molecule has 61 heavy (non-hydrogen) atoms. The van der Waals surface area contributed by atoms with Gasteiger partial charge in [-0.1, -0.05) is 194 Å². The molecule has 1 atom stereocenters. The van der Waals surface area contributed by atoms with Gasteiger partial charge in [-0.2, -0.15) is 0 Å². The molecule has 0 saturated heterocycles. The van der Waals surface area contributed by atoms with E-state index in [1.807, 2.05) is 84.9 Å². The first-order chi connectivity index (χ1) is 33.2. The van der Waals surface area contributed by atoms with Crippen molar-refractivity contribution in [3.8, 4) is 27.9 Å². The number of aromatic nitrogens is 1. The second kappa shape index (κ2) is 14.1. The van der Waals surface area contributed by atoms with Gasteiger partial charge in [-0.15, -0.1) is 0 Å². The second-order valence-electron chi connectivity index (χ2n) is 15.5. The first-order valence-electron chi connectivity index (χ1n) is 24.0. The molecule has 1 aliphatic carbocycles. The fourth-order valence-electron chi connectivity index (χ4n) is 9.90. The van der Waals surface area contributed by atoms with E-state index in [9.17, 15) is 6.85 Å². The molecule has 0 amide bonds. The number of anilines is 3. The van der Waals surface area contributed by atoms with Crippen LogP contribution >= 0.6 is 0 Å². The summed E-state index contributed by atoms with van der Waals surface area (Å²) in [6.45, 7) is 0. The van der Waals surface area contributed by atoms with E-state index >= 15 is 0 Å². The van der Waals surface area contributed by atoms with E-state index in [2.05, 4.69) is 125 Å². The summed E-state index contributed by atoms with van der Waals surface area (Å²) in [6.07, 6.45) is 0. The molecule has 0 N–H and O–H groups in total. The van der Waals surface area contributed by atoms with Crippen LogP contribution in [0.2, 0.25) is 0 Å². The van der Waals surface area contributed by atoms with Gasteiger partial charge >= 0.3 is 0 Å². The summed E-state index contributed by atoms with van der Waals surface area (Å²) in [5, 5.41) is 1.94. The summed E-state index contributed by atoms with van der Waals surface area (Å²) in [5.41, 5.74) is 10.5. The predicted octanol–water partition coefficient (Wildman–Crippen LogP) is 15.4. The van der Waals surface area contributed by atoms with E-state index < -0.39 is 35.6 Å². The lowest BCUT2D eigenvalue weighted by molar-refractivity contribution is 0.780. The normalized spacial score (nSPS) is 15.9. The Kier molecular flexibility index (Phi) is 6.59. The predicted molar refractivity (Wildman–Crippen MR) is 256 cm³/mol. The van der Waals surface area contributed by atoms with Crippen LogP contribution in [0, 0.1) is 0 Å². The molecule has 1 heterocycles. The van der Waals surface area contributed by atoms with E-state index in [4.69, 9.17) is 2.74 Å². The van der Waals surface area contributed by atoms with E-state index in [1.165, 1.54) is 0 Å². The Morgan fingerprint density at radius 1 is 0.410 bits per heavy atom. The van der Waals surface area contributed by atoms with Crippen molar-refractivity contribution in [1.82, 2.24) is 4.57 Å². The molecule has 2 heteroatoms. The topological polar surface area (TPSA) is 8.17 Å². The molecule has 2 nitrogen and oxygen atoms in total. The van der Waals surface area contributed by atoms with Crippen LogP contribution in [0.4, 0.5) is 17.1 Å². The third-order valence-electron chi connectivity index (χ3n) is 12.3. The molecule has 11 aromatic rings. The maximum atomic E-state index is 10.1. The number of rotatable bonds is 7. The van der Waals surface area contributed by atoms with Crippen molar-refractivity contribution in [3.63, 3.8) is 0 Å². The van der Waals surface area contributed by atoms with Crippen molar-refractivity contribution in [2.45, 2.75) is 5.41 Å². The monoisotopic (exact) mass is 783 g/mol. The third-order valence-corrected chi connectivity index (χ3v) is 12.3. The molecule has 0 spiro atoms. The van der Waals surface area contributed by atoms with Crippen molar-refractivity contribution < 1.29 is 9.60 Å². The summed E-state index contributed by atoms with van der Waals surface area (Å²) < 4.78 is 68.0. The summed E-state index contributed by atoms with van der Waals surface area (Å²) in [4.78, 5) is 2.26. The molecule has 1 unspecified atom stereocenters. The zero-order valence-electron chi connectivity index (χ0n) is 39.9. The van der Waals surface area contributed by atoms with Crippen LogP contribution in [0.15, 0.2) is 242 Å². The molecule has 1 aromatic heterocycles. The van der Waals surface area contributed by atoms with Gasteiger partial charge in [0.25, 0.3) is 0 Å². The Hall–Kier alpha value is -7.94. The smallest absolute Gasteiger partial charge is 0.0740 e. The third kappa shape index (κ3) is 5.29. The van der Waals surface area contributed by atoms with E-state index in [1.54, 1.807) is 0 Å². The Bertz CT molecular complexity index is 3830. The zero-order valence-corrected chi connectivity index (χ0v) is 32.9. The molecular formula is C59H40N2. The summed E-state index contributed by atoms with van der Waals surface area (Å²) >= 11 is 0. The van der Waals surface area contributed by atoms with Crippen molar-refractivity contribution >= 4 is 49.6 Å². The molecule has 0 saturated carbocycles. The summed E-state index contributed by atoms with van der Waals surface area (Å²) in [5.74, 6) is 0. The van der Waals surface area contributed by atoms with Gasteiger partial charge < -0.3 is 9.47 Å². The van der Waals surface area contributed by atoms with E-state index in [0.717, 1.165) is 83.5 Å². The maximum absolute atomic E-state index is 10.1. The minimum Gasteiger partial charge on any atom is -0.310 e. The molecule has 0 fully saturated rings. The average molecular weight is 784 g/mol. The highest BCUT2D eigenvalue weighted by atomic mass is 15.1. The molecule has 1 aliphatic rings. The number of nitrogens with zero attached hydrogens (tertiary/aromatic N) is 2. The van der Waals surface area contributed by atoms with Gasteiger partial charge in [-0.3, -0.25) is 0 Å². The van der Waals surface area contributed by atoms with Gasteiger partial charge in [-0.05, 0) is 98.2 Å². The molecule has 0 aliphatic heterocycles. The lowest BCUT2D eigenvalue weighted by Crippen LogP contribution is -2.29. The van der Waals surface area contributed by atoms with Crippen LogP contribution < -0.4 is 4.90 Å². The molecule has 10 aromatic carbocycles. The standard InChI is InChI=1S/C59H40N2/c1-4-20-42(21-5-1)47-29-13-16-36-56(47)60(43-24-6-2-7-25-43)45-38-39-54-51(40-45)48-30-12-15-33-53(48)59(54,52-34-18-23-41-22-10-11-28-46(41)52)55-35-19-32-50-49-31-14-17-37-57(49)61(58(50)55)44-26-8-3-9-27-44/h1-40H/i10D,11D,18D,22D,23D,28D,34D. The number of fused-ring (bicyclic) bond motifs is 7. The van der Waals surface area contributed by atoms with Gasteiger partial charge in [0.15, 0.2) is 0 Å². The first-order valence-corrected chi connectivity index (χ1v) is 20.5. The fraction of sp³-hybridized carbons (Fsp3) is 0.0169. The Morgan fingerprint density at radius 3 is 1.90 bits per heavy atom. The number of hydrogen-bond acceptors (Lipinski definition) is 1. The SMILES string of the molecule is [2H]c1c([2H])c([2H])c2c(C3(c4cccc5c6ccccc6n(-c6ccccc6)c45)c4ccccc4-c4cc(N(c5ccccc5)c5ccccc5-c5ccccc5)ccc43)c([2H])c([2H])c([2H])c2c1[2H]. The Balaban J connectivity index is 1.27. The van der Waals surface area contributed by atoms with Crippen LogP contribution in [0.5, 0.6) is 0 Å². The minimum atomic E-state index is -1.47. The molecule has 0 bridgehead atoms. The highest BCUT2D eigenvalue weighted by Crippen LogP contribution is 2.60. The lowest BCUT2D eigenvalue weighted by atomic mass is 9.66. The average Bonchev–Trinajstić information content (AvgIpc) is 3.88. The van der Waals surface area contributed by atoms with Gasteiger partial charge in [0.1, 0.15) is 0 Å². The van der Waals surface area contributed by atoms with Crippen molar-refractivity contribution in [2.75, 3.05) is 4.90 Å². The van der Waals surface area contributed by atoms with E-state index in [-0.39, 0.29) is 28.4 Å². The number of benzene rings is 10. The van der Waals surface area contributed by atoms with Crippen LogP contribution in [0.25, 0.3) is 60.5 Å². The van der Waals surface area contributed by atoms with E-state index in [0.29, 0.717) is 0 Å². The van der Waals surface area contributed by atoms with Gasteiger partial charge in [-0.25, -0.2) is 0 Å². The molecule has 12 rings (SSSR count). The Morgan fingerprint density at radius 2 is 1.05 bits per heavy atom. The van der Waals surface area contributed by atoms with Crippen molar-refractivity contribution in [1.29, 1.82) is 0 Å². The Labute approximate surface area is 365 Å². The number of para-hydroxylation sites is 5. The summed E-state index contributed by atoms with van der Waals surface area (Å²) in [7, 11) is 0. The van der Waals surface area contributed by atoms with Crippen LogP contribution in [-0.4, -0.2) is 4.57 Å². The van der Waals surface area contributed by atoms with Crippen LogP contribution in [0.1, 0.15) is 31.8 Å². The fourth-order valence-corrected chi connectivity index (χ4v) is 9.90. The minimum absolute atomic E-state index is 0.0517. The summed E-state index contributed by atoms with van der Waals surface area (Å²) in [6, 6.07) is 65.3. The molecular weight excluding hydrogens is 737 g/mol. The van der Waals surface area contributed by atoms with Crippen LogP contribution in [-0.2, 0) is 5.41 Å². The maximum Gasteiger partial charge on any atom is 0.0740 e. The highest BCUT2D eigenvalue weighted by Gasteiger charge is 2.48. The van der Waals surface area contributed by atoms with Gasteiger partial charge in [0.2, 0.25) is 0 Å². The second-order valence-corrected chi connectivity index (χ2v) is 15.5. The van der Waals surface area contributed by atoms with Crippen LogP contribution in [0.3, 0.4) is 0 Å².